The number of hydrogen-bond donors (Lipinski definition) is 0. The van der Waals surface area contributed by atoms with Crippen LogP contribution in [0.5, 0.6) is 0 Å². The molecule has 0 fully saturated rings. The summed E-state index contributed by atoms with van der Waals surface area (Å²) < 4.78 is 5.53. The maximum absolute atomic E-state index is 5.53. The molecule has 1 unspecified atom stereocenters. The molecule has 0 radical (unpaired) electrons. The minimum Gasteiger partial charge on any atom is -0.362 e. The van der Waals surface area contributed by atoms with Crippen molar-refractivity contribution in [3.63, 3.8) is 0 Å². The third-order valence-electron chi connectivity index (χ3n) is 2.78. The molecule has 2 nitrogen and oxygen atoms in total. The number of hydrogen-bond acceptors (Lipinski definition) is 2. The van der Waals surface area contributed by atoms with Gasteiger partial charge in [-0.1, -0.05) is 42.5 Å². The van der Waals surface area contributed by atoms with Crippen LogP contribution in [0.25, 0.3) is 10.8 Å². The van der Waals surface area contributed by atoms with Crippen LogP contribution >= 0.6 is 0 Å². The first-order chi connectivity index (χ1) is 7.74. The molecule has 2 aromatic carbocycles. The summed E-state index contributed by atoms with van der Waals surface area (Å²) in [6, 6.07) is 14.7. The summed E-state index contributed by atoms with van der Waals surface area (Å²) in [5, 5.41) is 2.51. The third-order valence-corrected chi connectivity index (χ3v) is 2.78. The first-order valence-corrected chi connectivity index (χ1v) is 5.41. The Morgan fingerprint density at radius 3 is 2.38 bits per heavy atom. The molecule has 0 N–H and O–H groups in total. The topological polar surface area (TPSA) is 12.5 Å². The fourth-order valence-corrected chi connectivity index (χ4v) is 2.08. The van der Waals surface area contributed by atoms with Gasteiger partial charge in [0.05, 0.1) is 0 Å². The van der Waals surface area contributed by atoms with Crippen LogP contribution in [0.1, 0.15) is 11.8 Å². The van der Waals surface area contributed by atoms with E-state index in [0.717, 1.165) is 0 Å². The van der Waals surface area contributed by atoms with Crippen molar-refractivity contribution in [2.24, 2.45) is 0 Å². The average Bonchev–Trinajstić information content (AvgIpc) is 2.30. The van der Waals surface area contributed by atoms with Crippen LogP contribution in [-0.2, 0) is 4.74 Å². The molecule has 0 amide bonds. The Bertz CT molecular complexity index is 474. The zero-order valence-electron chi connectivity index (χ0n) is 9.97. The van der Waals surface area contributed by atoms with Gasteiger partial charge in [0.2, 0.25) is 0 Å². The number of fused-ring (bicyclic) bond motifs is 1. The molecular formula is C14H17NO. The monoisotopic (exact) mass is 215 g/mol. The van der Waals surface area contributed by atoms with Crippen molar-refractivity contribution >= 4 is 10.8 Å². The first-order valence-electron chi connectivity index (χ1n) is 5.41. The van der Waals surface area contributed by atoms with Gasteiger partial charge in [0.1, 0.15) is 6.23 Å². The fourth-order valence-electron chi connectivity index (χ4n) is 2.08. The number of rotatable bonds is 3. The van der Waals surface area contributed by atoms with E-state index in [4.69, 9.17) is 4.74 Å². The van der Waals surface area contributed by atoms with Gasteiger partial charge in [-0.3, -0.25) is 4.90 Å². The lowest BCUT2D eigenvalue weighted by Gasteiger charge is -2.24. The number of methoxy groups -OCH3 is 1. The molecule has 0 heterocycles. The Morgan fingerprint density at radius 1 is 1.00 bits per heavy atom. The van der Waals surface area contributed by atoms with Gasteiger partial charge < -0.3 is 4.74 Å². The van der Waals surface area contributed by atoms with Crippen molar-refractivity contribution in [2.45, 2.75) is 6.23 Å². The highest BCUT2D eigenvalue weighted by Crippen LogP contribution is 2.27. The van der Waals surface area contributed by atoms with E-state index in [1.54, 1.807) is 7.11 Å². The molecule has 0 aromatic heterocycles. The minimum atomic E-state index is 0.00565. The van der Waals surface area contributed by atoms with Gasteiger partial charge in [-0.05, 0) is 24.9 Å². The molecular weight excluding hydrogens is 198 g/mol. The molecule has 84 valence electrons. The molecule has 0 saturated heterocycles. The van der Waals surface area contributed by atoms with Crippen LogP contribution in [0.4, 0.5) is 0 Å². The predicted molar refractivity (Wildman–Crippen MR) is 67.4 cm³/mol. The van der Waals surface area contributed by atoms with E-state index in [1.807, 2.05) is 14.1 Å². The number of nitrogens with zero attached hydrogens (tertiary/aromatic N) is 1. The lowest BCUT2D eigenvalue weighted by molar-refractivity contribution is -0.00431. The van der Waals surface area contributed by atoms with Crippen LogP contribution in [0, 0.1) is 0 Å². The normalized spacial score (nSPS) is 13.2. The fraction of sp³-hybridized carbons (Fsp3) is 0.286. The molecule has 0 saturated carbocycles. The molecule has 0 aliphatic heterocycles. The molecule has 2 rings (SSSR count). The van der Waals surface area contributed by atoms with Gasteiger partial charge in [0.25, 0.3) is 0 Å². The Morgan fingerprint density at radius 2 is 1.69 bits per heavy atom. The zero-order valence-corrected chi connectivity index (χ0v) is 9.97. The second kappa shape index (κ2) is 4.64. The molecule has 1 atom stereocenters. The lowest BCUT2D eigenvalue weighted by atomic mass is 10.0. The highest BCUT2D eigenvalue weighted by Gasteiger charge is 2.14. The lowest BCUT2D eigenvalue weighted by Crippen LogP contribution is -2.21. The highest BCUT2D eigenvalue weighted by molar-refractivity contribution is 5.85. The van der Waals surface area contributed by atoms with Crippen LogP contribution < -0.4 is 0 Å². The smallest absolute Gasteiger partial charge is 0.136 e. The van der Waals surface area contributed by atoms with Gasteiger partial charge in [0, 0.05) is 12.7 Å². The van der Waals surface area contributed by atoms with Gasteiger partial charge in [-0.25, -0.2) is 0 Å². The molecule has 0 bridgehead atoms. The zero-order chi connectivity index (χ0) is 11.5. The van der Waals surface area contributed by atoms with E-state index in [1.165, 1.54) is 16.3 Å². The van der Waals surface area contributed by atoms with Crippen molar-refractivity contribution < 1.29 is 4.74 Å². The van der Waals surface area contributed by atoms with E-state index in [-0.39, 0.29) is 6.23 Å². The summed E-state index contributed by atoms with van der Waals surface area (Å²) in [6.07, 6.45) is 0.00565. The van der Waals surface area contributed by atoms with Gasteiger partial charge >= 0.3 is 0 Å². The Kier molecular flexibility index (Phi) is 3.22. The maximum atomic E-state index is 5.53. The van der Waals surface area contributed by atoms with Gasteiger partial charge in [-0.2, -0.15) is 0 Å². The van der Waals surface area contributed by atoms with Gasteiger partial charge in [0.15, 0.2) is 0 Å². The standard InChI is InChI=1S/C14H17NO/c1-15(2)14(16-3)13-10-6-8-11-7-4-5-9-12(11)13/h4-10,14H,1-3H3. The van der Waals surface area contributed by atoms with Gasteiger partial charge in [-0.15, -0.1) is 0 Å². The predicted octanol–water partition coefficient (Wildman–Crippen LogP) is 3.05. The largest absolute Gasteiger partial charge is 0.362 e. The van der Waals surface area contributed by atoms with E-state index in [0.29, 0.717) is 0 Å². The molecule has 2 heteroatoms. The SMILES string of the molecule is COC(c1cccc2ccccc12)N(C)C. The summed E-state index contributed by atoms with van der Waals surface area (Å²) in [6.45, 7) is 0. The molecule has 0 spiro atoms. The van der Waals surface area contributed by atoms with Crippen molar-refractivity contribution in [3.8, 4) is 0 Å². The summed E-state index contributed by atoms with van der Waals surface area (Å²) in [7, 11) is 5.79. The Hall–Kier alpha value is -1.38. The Labute approximate surface area is 96.4 Å². The van der Waals surface area contributed by atoms with Crippen LogP contribution in [0.3, 0.4) is 0 Å². The number of ether oxygens (including phenoxy) is 1. The highest BCUT2D eigenvalue weighted by atomic mass is 16.5. The van der Waals surface area contributed by atoms with E-state index in [2.05, 4.69) is 47.4 Å². The van der Waals surface area contributed by atoms with Crippen molar-refractivity contribution in [1.82, 2.24) is 4.90 Å². The molecule has 16 heavy (non-hydrogen) atoms. The summed E-state index contributed by atoms with van der Waals surface area (Å²) in [5.74, 6) is 0. The molecule has 2 aromatic rings. The maximum Gasteiger partial charge on any atom is 0.136 e. The van der Waals surface area contributed by atoms with Crippen LogP contribution in [-0.4, -0.2) is 26.1 Å². The Balaban J connectivity index is 2.59. The summed E-state index contributed by atoms with van der Waals surface area (Å²) in [5.41, 5.74) is 1.21. The third kappa shape index (κ3) is 1.94. The average molecular weight is 215 g/mol. The van der Waals surface area contributed by atoms with E-state index < -0.39 is 0 Å². The van der Waals surface area contributed by atoms with Crippen molar-refractivity contribution in [3.05, 3.63) is 48.0 Å². The van der Waals surface area contributed by atoms with Crippen LogP contribution in [0.15, 0.2) is 42.5 Å². The van der Waals surface area contributed by atoms with E-state index in [9.17, 15) is 0 Å². The minimum absolute atomic E-state index is 0.00565. The number of benzene rings is 2. The first kappa shape index (κ1) is 11.1. The van der Waals surface area contributed by atoms with Crippen molar-refractivity contribution in [1.29, 1.82) is 0 Å². The second-order valence-corrected chi connectivity index (χ2v) is 4.12. The van der Waals surface area contributed by atoms with E-state index >= 15 is 0 Å². The second-order valence-electron chi connectivity index (χ2n) is 4.12. The summed E-state index contributed by atoms with van der Waals surface area (Å²) in [4.78, 5) is 2.07. The molecule has 0 aliphatic rings. The van der Waals surface area contributed by atoms with Crippen LogP contribution in [0.2, 0.25) is 0 Å². The molecule has 0 aliphatic carbocycles. The quantitative estimate of drug-likeness (QED) is 0.730. The van der Waals surface area contributed by atoms with Crippen molar-refractivity contribution in [2.75, 3.05) is 21.2 Å². The summed E-state index contributed by atoms with van der Waals surface area (Å²) >= 11 is 0.